The summed E-state index contributed by atoms with van der Waals surface area (Å²) in [6.45, 7) is 1.10. The Morgan fingerprint density at radius 1 is 1.73 bits per heavy atom. The first-order chi connectivity index (χ1) is 4.97. The second-order valence-corrected chi connectivity index (χ2v) is 6.93. The lowest BCUT2D eigenvalue weighted by Crippen LogP contribution is -2.18. The number of likely N-dealkylation sites (tertiary alicyclic amines) is 1. The number of hydrogen-bond donors (Lipinski definition) is 1. The zero-order valence-electron chi connectivity index (χ0n) is 6.86. The predicted molar refractivity (Wildman–Crippen MR) is 49.4 cm³/mol. The van der Waals surface area contributed by atoms with Gasteiger partial charge in [0.1, 0.15) is 0 Å². The van der Waals surface area contributed by atoms with Gasteiger partial charge in [-0.2, -0.15) is 0 Å². The van der Waals surface area contributed by atoms with Gasteiger partial charge < -0.3 is 14.3 Å². The van der Waals surface area contributed by atoms with Crippen molar-refractivity contribution < 1.29 is 9.42 Å². The first-order valence-corrected chi connectivity index (χ1v) is 6.76. The Kier molecular flexibility index (Phi) is 3.06. The lowest BCUT2D eigenvalue weighted by molar-refractivity contribution is 0.209. The minimum atomic E-state index is -2.43. The molecule has 11 heavy (non-hydrogen) atoms. The molecular weight excluding hydrogens is 181 g/mol. The molecule has 2 atom stereocenters. The summed E-state index contributed by atoms with van der Waals surface area (Å²) in [7, 11) is 2.04. The first kappa shape index (κ1) is 9.62. The fourth-order valence-electron chi connectivity index (χ4n) is 1.26. The van der Waals surface area contributed by atoms with Crippen molar-refractivity contribution in [2.24, 2.45) is 0 Å². The van der Waals surface area contributed by atoms with Gasteiger partial charge in [0.25, 0.3) is 0 Å². The van der Waals surface area contributed by atoms with Crippen molar-refractivity contribution in [1.82, 2.24) is 4.90 Å². The van der Waals surface area contributed by atoms with Gasteiger partial charge in [-0.15, -0.1) is 0 Å². The van der Waals surface area contributed by atoms with Crippen LogP contribution in [0.3, 0.4) is 0 Å². The van der Waals surface area contributed by atoms with Gasteiger partial charge in [0.2, 0.25) is 0 Å². The summed E-state index contributed by atoms with van der Waals surface area (Å²) < 4.78 is 5.31. The number of rotatable bonds is 2. The molecule has 0 radical (unpaired) electrons. The molecular formula is C6H14NO2PS. The summed E-state index contributed by atoms with van der Waals surface area (Å²) in [5.74, 6) is 0. The summed E-state index contributed by atoms with van der Waals surface area (Å²) in [5.41, 5.74) is 0. The summed E-state index contributed by atoms with van der Waals surface area (Å²) >= 11 is 4.79. The number of likely N-dealkylation sites (N-methyl/N-ethyl adjacent to an activating group) is 1. The highest BCUT2D eigenvalue weighted by Gasteiger charge is 2.23. The molecule has 1 N–H and O–H groups in total. The van der Waals surface area contributed by atoms with E-state index in [2.05, 4.69) is 4.90 Å². The van der Waals surface area contributed by atoms with Gasteiger partial charge in [-0.05, 0) is 25.3 Å². The largest absolute Gasteiger partial charge is 0.345 e. The van der Waals surface area contributed by atoms with Gasteiger partial charge >= 0.3 is 0 Å². The molecule has 0 amide bonds. The average molecular weight is 195 g/mol. The third kappa shape index (κ3) is 3.63. The molecule has 3 nitrogen and oxygen atoms in total. The molecule has 1 saturated heterocycles. The van der Waals surface area contributed by atoms with Crippen molar-refractivity contribution in [3.63, 3.8) is 0 Å². The molecule has 1 fully saturated rings. The second-order valence-electron chi connectivity index (χ2n) is 3.08. The number of nitrogens with zero attached hydrogens (tertiary/aromatic N) is 1. The van der Waals surface area contributed by atoms with E-state index in [1.165, 1.54) is 0 Å². The van der Waals surface area contributed by atoms with Crippen LogP contribution in [-0.4, -0.2) is 42.7 Å². The molecule has 1 rings (SSSR count). The van der Waals surface area contributed by atoms with E-state index in [0.717, 1.165) is 19.5 Å². The molecule has 1 aliphatic rings. The van der Waals surface area contributed by atoms with Gasteiger partial charge in [-0.3, -0.25) is 0 Å². The van der Waals surface area contributed by atoms with Gasteiger partial charge in [0.05, 0.1) is 6.10 Å². The van der Waals surface area contributed by atoms with E-state index >= 15 is 0 Å². The molecule has 5 heteroatoms. The quantitative estimate of drug-likeness (QED) is 0.655. The Bertz CT molecular complexity index is 181. The van der Waals surface area contributed by atoms with Gasteiger partial charge in [0, 0.05) is 19.8 Å². The molecule has 0 spiro atoms. The van der Waals surface area contributed by atoms with E-state index in [9.17, 15) is 4.89 Å². The third-order valence-corrected chi connectivity index (χ3v) is 2.64. The van der Waals surface area contributed by atoms with Crippen LogP contribution in [0.1, 0.15) is 6.42 Å². The standard InChI is InChI=1S/C6H14NO2PS/c1-7-4-3-6(5-7)9-10(2,8)11/h6H,3-5H2,1-2H3,(H,8,11). The maximum atomic E-state index is 9.25. The third-order valence-electron chi connectivity index (χ3n) is 1.69. The zero-order valence-corrected chi connectivity index (χ0v) is 8.57. The summed E-state index contributed by atoms with van der Waals surface area (Å²) in [6, 6.07) is 0. The molecule has 2 unspecified atom stereocenters. The van der Waals surface area contributed by atoms with Gasteiger partial charge in [-0.1, -0.05) is 0 Å². The molecule has 0 bridgehead atoms. The molecule has 0 aliphatic carbocycles. The topological polar surface area (TPSA) is 32.7 Å². The van der Waals surface area contributed by atoms with Crippen molar-refractivity contribution in [2.45, 2.75) is 12.5 Å². The lowest BCUT2D eigenvalue weighted by atomic mass is 10.3. The van der Waals surface area contributed by atoms with E-state index in [1.54, 1.807) is 6.66 Å². The zero-order chi connectivity index (χ0) is 8.48. The smallest absolute Gasteiger partial charge is 0.183 e. The highest BCUT2D eigenvalue weighted by molar-refractivity contribution is 8.09. The molecule has 1 heterocycles. The Balaban J connectivity index is 2.34. The lowest BCUT2D eigenvalue weighted by Gasteiger charge is -2.16. The van der Waals surface area contributed by atoms with Crippen LogP contribution in [0.5, 0.6) is 0 Å². The molecule has 1 aliphatic heterocycles. The van der Waals surface area contributed by atoms with Crippen molar-refractivity contribution >= 4 is 18.3 Å². The van der Waals surface area contributed by atoms with E-state index in [1.807, 2.05) is 7.05 Å². The Morgan fingerprint density at radius 3 is 2.73 bits per heavy atom. The fraction of sp³-hybridized carbons (Fsp3) is 1.00. The monoisotopic (exact) mass is 195 g/mol. The van der Waals surface area contributed by atoms with Crippen LogP contribution in [0.25, 0.3) is 0 Å². The number of hydrogen-bond acceptors (Lipinski definition) is 3. The van der Waals surface area contributed by atoms with Crippen molar-refractivity contribution in [2.75, 3.05) is 26.8 Å². The van der Waals surface area contributed by atoms with E-state index in [4.69, 9.17) is 16.3 Å². The molecule has 66 valence electrons. The second kappa shape index (κ2) is 3.50. The van der Waals surface area contributed by atoms with Gasteiger partial charge in [-0.25, -0.2) is 0 Å². The van der Waals surface area contributed by atoms with E-state index < -0.39 is 6.49 Å². The summed E-state index contributed by atoms with van der Waals surface area (Å²) in [6.07, 6.45) is 1.14. The average Bonchev–Trinajstić information content (AvgIpc) is 2.10. The highest BCUT2D eigenvalue weighted by Crippen LogP contribution is 2.40. The molecule has 0 saturated carbocycles. The van der Waals surface area contributed by atoms with E-state index in [-0.39, 0.29) is 6.10 Å². The van der Waals surface area contributed by atoms with Crippen LogP contribution in [0, 0.1) is 0 Å². The van der Waals surface area contributed by atoms with Crippen LogP contribution in [-0.2, 0) is 16.3 Å². The maximum absolute atomic E-state index is 9.25. The van der Waals surface area contributed by atoms with Crippen molar-refractivity contribution in [3.05, 3.63) is 0 Å². The minimum absolute atomic E-state index is 0.154. The van der Waals surface area contributed by atoms with Crippen molar-refractivity contribution in [1.29, 1.82) is 0 Å². The summed E-state index contributed by atoms with van der Waals surface area (Å²) in [5, 5.41) is 0. The van der Waals surface area contributed by atoms with Crippen LogP contribution in [0.2, 0.25) is 0 Å². The van der Waals surface area contributed by atoms with Crippen LogP contribution >= 0.6 is 6.49 Å². The van der Waals surface area contributed by atoms with Crippen LogP contribution < -0.4 is 0 Å². The highest BCUT2D eigenvalue weighted by atomic mass is 32.5. The predicted octanol–water partition coefficient (Wildman–Crippen LogP) is 0.639. The van der Waals surface area contributed by atoms with Crippen LogP contribution in [0.15, 0.2) is 0 Å². The first-order valence-electron chi connectivity index (χ1n) is 3.64. The van der Waals surface area contributed by atoms with E-state index in [0.29, 0.717) is 0 Å². The Hall–Kier alpha value is 0.530. The Morgan fingerprint density at radius 2 is 2.36 bits per heavy atom. The molecule has 0 aromatic rings. The maximum Gasteiger partial charge on any atom is 0.183 e. The fourth-order valence-corrected chi connectivity index (χ4v) is 2.35. The van der Waals surface area contributed by atoms with Gasteiger partial charge in [0.15, 0.2) is 6.49 Å². The molecule has 0 aromatic carbocycles. The molecule has 0 aromatic heterocycles. The Labute approximate surface area is 72.5 Å². The SMILES string of the molecule is CN1CCC(OP(C)(O)=S)C1. The van der Waals surface area contributed by atoms with Crippen molar-refractivity contribution in [3.8, 4) is 0 Å². The summed E-state index contributed by atoms with van der Waals surface area (Å²) in [4.78, 5) is 11.4. The normalized spacial score (nSPS) is 32.1. The minimum Gasteiger partial charge on any atom is -0.345 e. The van der Waals surface area contributed by atoms with Crippen LogP contribution in [0.4, 0.5) is 0 Å².